The lowest BCUT2D eigenvalue weighted by molar-refractivity contribution is 0.157. The number of hydrogen-bond donors (Lipinski definition) is 1. The number of hydrogen-bond acceptors (Lipinski definition) is 2. The fourth-order valence-electron chi connectivity index (χ4n) is 1.23. The Kier molecular flexibility index (Phi) is 7.07. The van der Waals surface area contributed by atoms with Gasteiger partial charge in [-0.3, -0.25) is 0 Å². The number of azide groups is 1. The van der Waals surface area contributed by atoms with Crippen LogP contribution in [0.25, 0.3) is 10.4 Å². The van der Waals surface area contributed by atoms with Gasteiger partial charge in [-0.25, -0.2) is 0 Å². The molecule has 0 aromatic carbocycles. The molecule has 0 aliphatic carbocycles. The van der Waals surface area contributed by atoms with Gasteiger partial charge in [0.05, 0.1) is 6.10 Å². The predicted octanol–water partition coefficient (Wildman–Crippen LogP) is 2.79. The third-order valence-corrected chi connectivity index (χ3v) is 1.82. The predicted molar refractivity (Wildman–Crippen MR) is 53.3 cm³/mol. The van der Waals surface area contributed by atoms with Crippen LogP contribution in [-0.4, -0.2) is 17.3 Å². The number of nitrogens with zero attached hydrogens (tertiary/aromatic N) is 3. The SMILES string of the molecule is C=CC[C@H](O)C[C@H](CCC)N=[N+]=[N-]. The summed E-state index contributed by atoms with van der Waals surface area (Å²) in [6, 6.07) is -0.0788. The van der Waals surface area contributed by atoms with Crippen LogP contribution in [-0.2, 0) is 0 Å². The Labute approximate surface area is 78.9 Å². The van der Waals surface area contributed by atoms with E-state index >= 15 is 0 Å². The lowest BCUT2D eigenvalue weighted by atomic mass is 10.0. The van der Waals surface area contributed by atoms with E-state index in [4.69, 9.17) is 5.53 Å². The van der Waals surface area contributed by atoms with Gasteiger partial charge in [-0.05, 0) is 24.8 Å². The van der Waals surface area contributed by atoms with Crippen LogP contribution in [0.1, 0.15) is 32.6 Å². The molecule has 0 radical (unpaired) electrons. The molecule has 0 amide bonds. The molecular weight excluding hydrogens is 166 g/mol. The first-order chi connectivity index (χ1) is 6.24. The molecule has 0 rings (SSSR count). The van der Waals surface area contributed by atoms with Crippen molar-refractivity contribution in [1.82, 2.24) is 0 Å². The van der Waals surface area contributed by atoms with E-state index in [9.17, 15) is 5.11 Å². The molecule has 0 aromatic heterocycles. The maximum Gasteiger partial charge on any atom is 0.0578 e. The summed E-state index contributed by atoms with van der Waals surface area (Å²) >= 11 is 0. The quantitative estimate of drug-likeness (QED) is 0.280. The smallest absolute Gasteiger partial charge is 0.0578 e. The maximum atomic E-state index is 9.42. The molecule has 0 aliphatic heterocycles. The topological polar surface area (TPSA) is 69.0 Å². The standard InChI is InChI=1S/C9H17N3O/c1-3-5-8(11-12-10)7-9(13)6-4-2/h4,8-9,13H,2-3,5-7H2,1H3/t8-,9-/m0/s1. The molecule has 0 heterocycles. The van der Waals surface area contributed by atoms with E-state index in [0.29, 0.717) is 12.8 Å². The average Bonchev–Trinajstić information content (AvgIpc) is 2.05. The molecular formula is C9H17N3O. The lowest BCUT2D eigenvalue weighted by Gasteiger charge is -2.13. The van der Waals surface area contributed by atoms with Gasteiger partial charge < -0.3 is 5.11 Å². The van der Waals surface area contributed by atoms with Crippen molar-refractivity contribution in [2.45, 2.75) is 44.8 Å². The van der Waals surface area contributed by atoms with Crippen molar-refractivity contribution in [3.05, 3.63) is 23.1 Å². The van der Waals surface area contributed by atoms with Gasteiger partial charge in [0, 0.05) is 11.0 Å². The van der Waals surface area contributed by atoms with Gasteiger partial charge in [0.15, 0.2) is 0 Å². The van der Waals surface area contributed by atoms with Crippen molar-refractivity contribution in [2.24, 2.45) is 5.11 Å². The summed E-state index contributed by atoms with van der Waals surface area (Å²) in [6.45, 7) is 5.56. The Balaban J connectivity index is 3.92. The molecule has 74 valence electrons. The van der Waals surface area contributed by atoms with E-state index in [1.807, 2.05) is 6.92 Å². The molecule has 0 saturated heterocycles. The largest absolute Gasteiger partial charge is 0.393 e. The van der Waals surface area contributed by atoms with Crippen LogP contribution >= 0.6 is 0 Å². The van der Waals surface area contributed by atoms with Crippen molar-refractivity contribution in [2.75, 3.05) is 0 Å². The maximum absolute atomic E-state index is 9.42. The summed E-state index contributed by atoms with van der Waals surface area (Å²) in [5.74, 6) is 0. The minimum absolute atomic E-state index is 0.0788. The van der Waals surface area contributed by atoms with Crippen LogP contribution in [0.5, 0.6) is 0 Å². The first-order valence-corrected chi connectivity index (χ1v) is 4.57. The van der Waals surface area contributed by atoms with Crippen molar-refractivity contribution in [3.8, 4) is 0 Å². The molecule has 4 heteroatoms. The van der Waals surface area contributed by atoms with Crippen molar-refractivity contribution in [1.29, 1.82) is 0 Å². The molecule has 4 nitrogen and oxygen atoms in total. The zero-order chi connectivity index (χ0) is 10.1. The third-order valence-electron chi connectivity index (χ3n) is 1.82. The first-order valence-electron chi connectivity index (χ1n) is 4.57. The summed E-state index contributed by atoms with van der Waals surface area (Å²) in [5, 5.41) is 13.0. The normalized spacial score (nSPS) is 14.3. The van der Waals surface area contributed by atoms with Gasteiger partial charge in [-0.15, -0.1) is 6.58 Å². The molecule has 13 heavy (non-hydrogen) atoms. The van der Waals surface area contributed by atoms with Gasteiger partial charge in [0.2, 0.25) is 0 Å². The van der Waals surface area contributed by atoms with Crippen LogP contribution < -0.4 is 0 Å². The molecule has 0 saturated carbocycles. The van der Waals surface area contributed by atoms with Gasteiger partial charge in [-0.1, -0.05) is 24.5 Å². The highest BCUT2D eigenvalue weighted by molar-refractivity contribution is 4.77. The van der Waals surface area contributed by atoms with Crippen LogP contribution in [0.15, 0.2) is 17.8 Å². The summed E-state index contributed by atoms with van der Waals surface area (Å²) in [7, 11) is 0. The van der Waals surface area contributed by atoms with Gasteiger partial charge in [0.1, 0.15) is 0 Å². The molecule has 0 aromatic rings. The van der Waals surface area contributed by atoms with Crippen LogP contribution in [0.2, 0.25) is 0 Å². The van der Waals surface area contributed by atoms with Crippen molar-refractivity contribution in [3.63, 3.8) is 0 Å². The highest BCUT2D eigenvalue weighted by Crippen LogP contribution is 2.11. The molecule has 2 atom stereocenters. The van der Waals surface area contributed by atoms with Crippen LogP contribution in [0.3, 0.4) is 0 Å². The molecule has 1 N–H and O–H groups in total. The van der Waals surface area contributed by atoms with E-state index in [1.165, 1.54) is 0 Å². The average molecular weight is 183 g/mol. The minimum Gasteiger partial charge on any atom is -0.393 e. The third kappa shape index (κ3) is 6.20. The Morgan fingerprint density at radius 1 is 1.69 bits per heavy atom. The van der Waals surface area contributed by atoms with Crippen LogP contribution in [0, 0.1) is 0 Å². The van der Waals surface area contributed by atoms with E-state index in [-0.39, 0.29) is 6.04 Å². The second-order valence-corrected chi connectivity index (χ2v) is 3.06. The van der Waals surface area contributed by atoms with Gasteiger partial charge >= 0.3 is 0 Å². The zero-order valence-electron chi connectivity index (χ0n) is 8.06. The lowest BCUT2D eigenvalue weighted by Crippen LogP contribution is -2.15. The zero-order valence-corrected chi connectivity index (χ0v) is 8.06. The van der Waals surface area contributed by atoms with E-state index < -0.39 is 6.10 Å². The van der Waals surface area contributed by atoms with E-state index in [0.717, 1.165) is 12.8 Å². The van der Waals surface area contributed by atoms with Crippen LogP contribution in [0.4, 0.5) is 0 Å². The van der Waals surface area contributed by atoms with E-state index in [1.54, 1.807) is 6.08 Å². The van der Waals surface area contributed by atoms with Crippen molar-refractivity contribution >= 4 is 0 Å². The second-order valence-electron chi connectivity index (χ2n) is 3.06. The molecule has 0 unspecified atom stereocenters. The second kappa shape index (κ2) is 7.65. The molecule has 0 bridgehead atoms. The number of rotatable bonds is 7. The first kappa shape index (κ1) is 12.0. The highest BCUT2D eigenvalue weighted by Gasteiger charge is 2.10. The Hall–Kier alpha value is -0.990. The molecule has 0 aliphatic rings. The minimum atomic E-state index is -0.431. The Morgan fingerprint density at radius 2 is 2.38 bits per heavy atom. The summed E-state index contributed by atoms with van der Waals surface area (Å²) in [6.07, 6.45) is 4.12. The van der Waals surface area contributed by atoms with Gasteiger partial charge in [0.25, 0.3) is 0 Å². The number of aliphatic hydroxyl groups is 1. The highest BCUT2D eigenvalue weighted by atomic mass is 16.3. The van der Waals surface area contributed by atoms with Crippen molar-refractivity contribution < 1.29 is 5.11 Å². The van der Waals surface area contributed by atoms with Gasteiger partial charge in [-0.2, -0.15) is 0 Å². The Morgan fingerprint density at radius 3 is 2.85 bits per heavy atom. The Bertz CT molecular complexity index is 187. The molecule has 0 fully saturated rings. The fourth-order valence-corrected chi connectivity index (χ4v) is 1.23. The fraction of sp³-hybridized carbons (Fsp3) is 0.778. The summed E-state index contributed by atoms with van der Waals surface area (Å²) in [5.41, 5.74) is 8.26. The van der Waals surface area contributed by atoms with E-state index in [2.05, 4.69) is 16.6 Å². The summed E-state index contributed by atoms with van der Waals surface area (Å²) in [4.78, 5) is 2.76. The summed E-state index contributed by atoms with van der Waals surface area (Å²) < 4.78 is 0. The molecule has 0 spiro atoms. The monoisotopic (exact) mass is 183 g/mol. The number of aliphatic hydroxyl groups excluding tert-OH is 1.